The van der Waals surface area contributed by atoms with Crippen molar-refractivity contribution in [1.82, 2.24) is 15.2 Å². The molecule has 1 saturated heterocycles. The van der Waals surface area contributed by atoms with Crippen LogP contribution in [-0.4, -0.2) is 35.0 Å². The number of rotatable bonds is 7. The molecule has 0 bridgehead atoms. The summed E-state index contributed by atoms with van der Waals surface area (Å²) < 4.78 is 20.0. The van der Waals surface area contributed by atoms with Crippen LogP contribution in [0.1, 0.15) is 34.3 Å². The summed E-state index contributed by atoms with van der Waals surface area (Å²) in [4.78, 5) is 18.6. The average molecular weight is 420 g/mol. The molecule has 0 spiro atoms. The van der Waals surface area contributed by atoms with Crippen LogP contribution in [0.2, 0.25) is 0 Å². The molecule has 2 heterocycles. The minimum Gasteiger partial charge on any atom is -0.490 e. The summed E-state index contributed by atoms with van der Waals surface area (Å²) >= 11 is 0. The molecule has 2 aromatic carbocycles. The summed E-state index contributed by atoms with van der Waals surface area (Å²) in [6.07, 6.45) is 5.32. The lowest BCUT2D eigenvalue weighted by molar-refractivity contribution is 0.0947. The van der Waals surface area contributed by atoms with E-state index in [1.807, 2.05) is 36.4 Å². The number of pyridine rings is 1. The van der Waals surface area contributed by atoms with Gasteiger partial charge in [-0.25, -0.2) is 4.39 Å². The number of piperidine rings is 1. The minimum absolute atomic E-state index is 0.121. The molecular formula is C25H26FN3O2. The molecule has 1 fully saturated rings. The van der Waals surface area contributed by atoms with Gasteiger partial charge >= 0.3 is 0 Å². The second-order valence-electron chi connectivity index (χ2n) is 7.75. The minimum atomic E-state index is -0.147. The summed E-state index contributed by atoms with van der Waals surface area (Å²) in [6, 6.07) is 17.9. The number of hydrogen-bond donors (Lipinski definition) is 1. The topological polar surface area (TPSA) is 54.5 Å². The van der Waals surface area contributed by atoms with Crippen LogP contribution in [-0.2, 0) is 13.1 Å². The first-order chi connectivity index (χ1) is 15.2. The number of hydrogen-bond acceptors (Lipinski definition) is 4. The molecule has 0 atom stereocenters. The maximum atomic E-state index is 13.9. The van der Waals surface area contributed by atoms with Gasteiger partial charge in [-0.15, -0.1) is 0 Å². The molecule has 4 rings (SSSR count). The van der Waals surface area contributed by atoms with Crippen molar-refractivity contribution in [3.63, 3.8) is 0 Å². The Balaban J connectivity index is 1.23. The largest absolute Gasteiger partial charge is 0.490 e. The quantitative estimate of drug-likeness (QED) is 0.624. The summed E-state index contributed by atoms with van der Waals surface area (Å²) in [6.45, 7) is 2.83. The van der Waals surface area contributed by atoms with Crippen LogP contribution < -0.4 is 10.1 Å². The Kier molecular flexibility index (Phi) is 6.89. The van der Waals surface area contributed by atoms with Crippen LogP contribution in [0, 0.1) is 5.82 Å². The molecule has 0 saturated carbocycles. The zero-order valence-electron chi connectivity index (χ0n) is 17.3. The van der Waals surface area contributed by atoms with Crippen molar-refractivity contribution in [2.75, 3.05) is 13.1 Å². The van der Waals surface area contributed by atoms with Crippen molar-refractivity contribution >= 4 is 5.91 Å². The number of amides is 1. The molecule has 1 N–H and O–H groups in total. The van der Waals surface area contributed by atoms with Gasteiger partial charge < -0.3 is 10.1 Å². The zero-order valence-corrected chi connectivity index (χ0v) is 17.3. The summed E-state index contributed by atoms with van der Waals surface area (Å²) in [5.41, 5.74) is 2.34. The van der Waals surface area contributed by atoms with Crippen LogP contribution in [0.4, 0.5) is 4.39 Å². The third-order valence-electron chi connectivity index (χ3n) is 5.51. The SMILES string of the molecule is O=C(NCc1ccncc1)c1ccc(OC2CCN(Cc3ccccc3F)CC2)cc1. The number of nitrogens with one attached hydrogen (secondary N) is 1. The van der Waals surface area contributed by atoms with Gasteiger partial charge in [0.25, 0.3) is 5.91 Å². The van der Waals surface area contributed by atoms with E-state index in [2.05, 4.69) is 15.2 Å². The molecule has 1 aliphatic rings. The molecule has 3 aromatic rings. The lowest BCUT2D eigenvalue weighted by atomic mass is 10.1. The first kappa shape index (κ1) is 21.0. The predicted octanol–water partition coefficient (Wildman–Crippen LogP) is 4.19. The second-order valence-corrected chi connectivity index (χ2v) is 7.75. The second kappa shape index (κ2) is 10.2. The maximum Gasteiger partial charge on any atom is 0.251 e. The van der Waals surface area contributed by atoms with E-state index in [1.54, 1.807) is 30.6 Å². The maximum absolute atomic E-state index is 13.9. The van der Waals surface area contributed by atoms with Crippen molar-refractivity contribution in [2.45, 2.75) is 32.0 Å². The normalized spacial score (nSPS) is 14.9. The molecular weight excluding hydrogens is 393 g/mol. The molecule has 6 heteroatoms. The van der Waals surface area contributed by atoms with Gasteiger partial charge in [0.2, 0.25) is 0 Å². The fraction of sp³-hybridized carbons (Fsp3) is 0.280. The van der Waals surface area contributed by atoms with Crippen LogP contribution in [0.5, 0.6) is 5.75 Å². The molecule has 0 radical (unpaired) electrons. The standard InChI is InChI=1S/C25H26FN3O2/c26-24-4-2-1-3-21(24)18-29-15-11-23(12-16-29)31-22-7-5-20(6-8-22)25(30)28-17-19-9-13-27-14-10-19/h1-10,13-14,23H,11-12,15-18H2,(H,28,30). The Morgan fingerprint density at radius 3 is 2.45 bits per heavy atom. The Hall–Kier alpha value is -3.25. The summed E-state index contributed by atoms with van der Waals surface area (Å²) in [5, 5.41) is 2.91. The highest BCUT2D eigenvalue weighted by Crippen LogP contribution is 2.21. The van der Waals surface area contributed by atoms with E-state index in [0.29, 0.717) is 18.7 Å². The number of carbonyl (C=O) groups excluding carboxylic acids is 1. The predicted molar refractivity (Wildman–Crippen MR) is 117 cm³/mol. The van der Waals surface area contributed by atoms with E-state index >= 15 is 0 Å². The molecule has 160 valence electrons. The van der Waals surface area contributed by atoms with Gasteiger partial charge in [-0.05, 0) is 60.9 Å². The van der Waals surface area contributed by atoms with Gasteiger partial charge in [-0.1, -0.05) is 18.2 Å². The average Bonchev–Trinajstić information content (AvgIpc) is 2.81. The third kappa shape index (κ3) is 5.89. The third-order valence-corrected chi connectivity index (χ3v) is 5.51. The number of carbonyl (C=O) groups is 1. The summed E-state index contributed by atoms with van der Waals surface area (Å²) in [5.74, 6) is 0.494. The number of nitrogens with zero attached hydrogens (tertiary/aromatic N) is 2. The highest BCUT2D eigenvalue weighted by molar-refractivity contribution is 5.94. The van der Waals surface area contributed by atoms with Crippen LogP contribution in [0.25, 0.3) is 0 Å². The van der Waals surface area contributed by atoms with Crippen molar-refractivity contribution < 1.29 is 13.9 Å². The van der Waals surface area contributed by atoms with Crippen molar-refractivity contribution in [2.24, 2.45) is 0 Å². The fourth-order valence-electron chi connectivity index (χ4n) is 3.72. The lowest BCUT2D eigenvalue weighted by Crippen LogP contribution is -2.38. The monoisotopic (exact) mass is 419 g/mol. The van der Waals surface area contributed by atoms with Crippen LogP contribution in [0.3, 0.4) is 0 Å². The highest BCUT2D eigenvalue weighted by Gasteiger charge is 2.21. The highest BCUT2D eigenvalue weighted by atomic mass is 19.1. The molecule has 31 heavy (non-hydrogen) atoms. The van der Waals surface area contributed by atoms with Gasteiger partial charge in [0.15, 0.2) is 0 Å². The van der Waals surface area contributed by atoms with Crippen molar-refractivity contribution in [1.29, 1.82) is 0 Å². The number of likely N-dealkylation sites (tertiary alicyclic amines) is 1. The fourth-order valence-corrected chi connectivity index (χ4v) is 3.72. The smallest absolute Gasteiger partial charge is 0.251 e. The number of aromatic nitrogens is 1. The van der Waals surface area contributed by atoms with Gasteiger partial charge in [0.05, 0.1) is 0 Å². The Morgan fingerprint density at radius 2 is 1.74 bits per heavy atom. The lowest BCUT2D eigenvalue weighted by Gasteiger charge is -2.32. The molecule has 5 nitrogen and oxygen atoms in total. The van der Waals surface area contributed by atoms with E-state index < -0.39 is 0 Å². The van der Waals surface area contributed by atoms with E-state index in [9.17, 15) is 9.18 Å². The van der Waals surface area contributed by atoms with Crippen LogP contribution in [0.15, 0.2) is 73.1 Å². The summed E-state index contributed by atoms with van der Waals surface area (Å²) in [7, 11) is 0. The van der Waals surface area contributed by atoms with Gasteiger partial charge in [-0.3, -0.25) is 14.7 Å². The first-order valence-corrected chi connectivity index (χ1v) is 10.6. The molecule has 1 aromatic heterocycles. The zero-order chi connectivity index (χ0) is 21.5. The van der Waals surface area contributed by atoms with Crippen LogP contribution >= 0.6 is 0 Å². The number of halogens is 1. The first-order valence-electron chi connectivity index (χ1n) is 10.6. The molecule has 1 amide bonds. The van der Waals surface area contributed by atoms with Crippen molar-refractivity contribution in [3.8, 4) is 5.75 Å². The molecule has 0 aliphatic carbocycles. The van der Waals surface area contributed by atoms with Gasteiger partial charge in [0.1, 0.15) is 17.7 Å². The van der Waals surface area contributed by atoms with Gasteiger partial charge in [0, 0.05) is 49.7 Å². The Morgan fingerprint density at radius 1 is 1.03 bits per heavy atom. The number of ether oxygens (including phenoxy) is 1. The molecule has 1 aliphatic heterocycles. The van der Waals surface area contributed by atoms with E-state index in [4.69, 9.17) is 4.74 Å². The van der Waals surface area contributed by atoms with Gasteiger partial charge in [-0.2, -0.15) is 0 Å². The van der Waals surface area contributed by atoms with E-state index in [-0.39, 0.29) is 17.8 Å². The Labute approximate surface area is 181 Å². The van der Waals surface area contributed by atoms with Crippen molar-refractivity contribution in [3.05, 3.63) is 95.6 Å². The van der Waals surface area contributed by atoms with E-state index in [0.717, 1.165) is 42.8 Å². The number of benzene rings is 2. The molecule has 0 unspecified atom stereocenters. The van der Waals surface area contributed by atoms with E-state index in [1.165, 1.54) is 6.07 Å². The Bertz CT molecular complexity index is 987.